The maximum absolute atomic E-state index is 13.5. The Morgan fingerprint density at radius 1 is 0.667 bits per heavy atom. The van der Waals surface area contributed by atoms with Crippen LogP contribution in [-0.2, 0) is 13.6 Å². The molecule has 0 N–H and O–H groups in total. The van der Waals surface area contributed by atoms with E-state index in [0.29, 0.717) is 0 Å². The van der Waals surface area contributed by atoms with Crippen LogP contribution >= 0.6 is 7.91 Å². The molecule has 0 aromatic heterocycles. The van der Waals surface area contributed by atoms with Crippen molar-refractivity contribution < 1.29 is 17.8 Å². The molecule has 0 heterocycles. The smallest absolute Gasteiger partial charge is 0.284 e. The minimum atomic E-state index is -4.32. The molecule has 0 amide bonds. The van der Waals surface area contributed by atoms with Gasteiger partial charge in [-0.3, -0.25) is 9.05 Å². The molecule has 0 rings (SSSR count). The molecule has 0 spiro atoms. The van der Waals surface area contributed by atoms with E-state index in [9.17, 15) is 8.76 Å². The third kappa shape index (κ3) is 16.3. The molecule has 0 aliphatic heterocycles. The molecule has 0 radical (unpaired) electrons. The van der Waals surface area contributed by atoms with Crippen LogP contribution in [0.3, 0.4) is 0 Å². The summed E-state index contributed by atoms with van der Waals surface area (Å²) in [6, 6.07) is 0. The second-order valence-electron chi connectivity index (χ2n) is 5.63. The lowest BCUT2D eigenvalue weighted by molar-refractivity contribution is 0.169. The molecule has 0 fully saturated rings. The predicted molar refractivity (Wildman–Crippen MR) is 87.4 cm³/mol. The maximum atomic E-state index is 13.5. The summed E-state index contributed by atoms with van der Waals surface area (Å²) in [5.74, 6) is 0. The number of hydrogen-bond acceptors (Lipinski definition) is 3. The Morgan fingerprint density at radius 3 is 1.38 bits per heavy atom. The highest BCUT2D eigenvalue weighted by Crippen LogP contribution is 2.50. The highest BCUT2D eigenvalue weighted by molar-refractivity contribution is 7.48. The number of unbranched alkanes of at least 4 members (excludes halogenated alkanes) is 10. The van der Waals surface area contributed by atoms with E-state index in [-0.39, 0.29) is 13.2 Å². The summed E-state index contributed by atoms with van der Waals surface area (Å²) in [5.41, 5.74) is 0. The van der Waals surface area contributed by atoms with Crippen molar-refractivity contribution in [3.05, 3.63) is 0 Å². The van der Waals surface area contributed by atoms with E-state index in [1.807, 2.05) is 0 Å². The van der Waals surface area contributed by atoms with Crippen molar-refractivity contribution in [1.29, 1.82) is 0 Å². The van der Waals surface area contributed by atoms with Gasteiger partial charge >= 0.3 is 7.91 Å². The molecule has 3 nitrogen and oxygen atoms in total. The van der Waals surface area contributed by atoms with Crippen molar-refractivity contribution in [3.8, 4) is 0 Å². The third-order valence-corrected chi connectivity index (χ3v) is 4.47. The molecule has 0 aromatic rings. The summed E-state index contributed by atoms with van der Waals surface area (Å²) in [5, 5.41) is 0. The monoisotopic (exact) mass is 324 g/mol. The highest BCUT2D eigenvalue weighted by atomic mass is 31.2. The summed E-state index contributed by atoms with van der Waals surface area (Å²) in [4.78, 5) is 0. The molecule has 0 aromatic carbocycles. The first kappa shape index (κ1) is 21.1. The highest BCUT2D eigenvalue weighted by Gasteiger charge is 2.22. The van der Waals surface area contributed by atoms with Gasteiger partial charge in [0.2, 0.25) is 0 Å². The van der Waals surface area contributed by atoms with Crippen molar-refractivity contribution in [2.75, 3.05) is 13.2 Å². The van der Waals surface area contributed by atoms with E-state index in [2.05, 4.69) is 13.8 Å². The second-order valence-corrected chi connectivity index (χ2v) is 7.01. The normalized spacial score (nSPS) is 12.0. The Labute approximate surface area is 130 Å². The van der Waals surface area contributed by atoms with Crippen LogP contribution in [0.5, 0.6) is 0 Å². The quantitative estimate of drug-likeness (QED) is 0.231. The van der Waals surface area contributed by atoms with Crippen LogP contribution in [-0.4, -0.2) is 13.2 Å². The predicted octanol–water partition coefficient (Wildman–Crippen LogP) is 6.82. The average Bonchev–Trinajstić information content (AvgIpc) is 2.45. The van der Waals surface area contributed by atoms with Crippen molar-refractivity contribution in [3.63, 3.8) is 0 Å². The van der Waals surface area contributed by atoms with Gasteiger partial charge in [-0.2, -0.15) is 0 Å². The second kappa shape index (κ2) is 15.0. The fourth-order valence-electron chi connectivity index (χ4n) is 2.15. The van der Waals surface area contributed by atoms with E-state index in [0.717, 1.165) is 38.5 Å². The first-order chi connectivity index (χ1) is 10.1. The van der Waals surface area contributed by atoms with Crippen LogP contribution in [0.2, 0.25) is 0 Å². The van der Waals surface area contributed by atoms with Crippen LogP contribution in [0, 0.1) is 0 Å². The van der Waals surface area contributed by atoms with Gasteiger partial charge in [0.25, 0.3) is 0 Å². The number of hydrogen-bond donors (Lipinski definition) is 0. The molecule has 0 unspecified atom stereocenters. The summed E-state index contributed by atoms with van der Waals surface area (Å²) < 4.78 is 34.3. The van der Waals surface area contributed by atoms with Gasteiger partial charge in [-0.05, 0) is 12.8 Å². The maximum Gasteiger partial charge on any atom is 0.513 e. The van der Waals surface area contributed by atoms with Crippen LogP contribution in [0.25, 0.3) is 0 Å². The van der Waals surface area contributed by atoms with E-state index < -0.39 is 7.91 Å². The van der Waals surface area contributed by atoms with Gasteiger partial charge in [0.05, 0.1) is 13.2 Å². The number of halogens is 1. The Kier molecular flexibility index (Phi) is 15.1. The van der Waals surface area contributed by atoms with Crippen LogP contribution < -0.4 is 0 Å². The minimum absolute atomic E-state index is 0.191. The molecule has 0 aliphatic rings. The Bertz CT molecular complexity index is 240. The number of rotatable bonds is 16. The SMILES string of the molecule is CCCCCCCCOP(=O)(F)OCCCCCCCC. The van der Waals surface area contributed by atoms with Gasteiger partial charge in [-0.25, -0.2) is 4.57 Å². The summed E-state index contributed by atoms with van der Waals surface area (Å²) >= 11 is 0. The van der Waals surface area contributed by atoms with Crippen LogP contribution in [0.4, 0.5) is 4.20 Å². The van der Waals surface area contributed by atoms with Crippen LogP contribution in [0.15, 0.2) is 0 Å². The first-order valence-corrected chi connectivity index (χ1v) is 10.1. The summed E-state index contributed by atoms with van der Waals surface area (Å²) in [6.45, 7) is 4.72. The summed E-state index contributed by atoms with van der Waals surface area (Å²) in [7, 11) is -4.32. The third-order valence-electron chi connectivity index (χ3n) is 3.49. The van der Waals surface area contributed by atoms with Crippen molar-refractivity contribution in [1.82, 2.24) is 0 Å². The zero-order valence-corrected chi connectivity index (χ0v) is 14.8. The van der Waals surface area contributed by atoms with Gasteiger partial charge in [-0.15, -0.1) is 4.20 Å². The van der Waals surface area contributed by atoms with Crippen molar-refractivity contribution in [2.45, 2.75) is 90.9 Å². The van der Waals surface area contributed by atoms with Gasteiger partial charge in [-0.1, -0.05) is 78.1 Å². The first-order valence-electron chi connectivity index (χ1n) is 8.71. The van der Waals surface area contributed by atoms with Crippen LogP contribution in [0.1, 0.15) is 90.9 Å². The standard InChI is InChI=1S/C16H34FO3P/c1-3-5-7-9-11-13-15-19-21(17,18)20-16-14-12-10-8-6-4-2/h3-16H2,1-2H3. The fourth-order valence-corrected chi connectivity index (χ4v) is 2.92. The molecule has 128 valence electrons. The molecular formula is C16H34FO3P. The van der Waals surface area contributed by atoms with Crippen molar-refractivity contribution in [2.24, 2.45) is 0 Å². The lowest BCUT2D eigenvalue weighted by Crippen LogP contribution is -1.96. The largest absolute Gasteiger partial charge is 0.513 e. The molecule has 0 aliphatic carbocycles. The lowest BCUT2D eigenvalue weighted by Gasteiger charge is -2.10. The van der Waals surface area contributed by atoms with E-state index >= 15 is 0 Å². The minimum Gasteiger partial charge on any atom is -0.284 e. The zero-order valence-electron chi connectivity index (χ0n) is 13.9. The average molecular weight is 324 g/mol. The Morgan fingerprint density at radius 2 is 1.00 bits per heavy atom. The van der Waals surface area contributed by atoms with Gasteiger partial charge < -0.3 is 0 Å². The van der Waals surface area contributed by atoms with Gasteiger partial charge in [0.15, 0.2) is 0 Å². The molecular weight excluding hydrogens is 290 g/mol. The lowest BCUT2D eigenvalue weighted by atomic mass is 10.1. The molecule has 0 atom stereocenters. The van der Waals surface area contributed by atoms with E-state index in [4.69, 9.17) is 9.05 Å². The zero-order chi connectivity index (χ0) is 15.8. The van der Waals surface area contributed by atoms with Crippen molar-refractivity contribution >= 4 is 7.91 Å². The van der Waals surface area contributed by atoms with Gasteiger partial charge in [0, 0.05) is 0 Å². The van der Waals surface area contributed by atoms with E-state index in [1.165, 1.54) is 38.5 Å². The topological polar surface area (TPSA) is 35.5 Å². The Balaban J connectivity index is 3.37. The Hall–Kier alpha value is 0.0800. The fraction of sp³-hybridized carbons (Fsp3) is 1.00. The molecule has 21 heavy (non-hydrogen) atoms. The molecule has 0 saturated carbocycles. The molecule has 0 bridgehead atoms. The molecule has 5 heteroatoms. The molecule has 0 saturated heterocycles. The summed E-state index contributed by atoms with van der Waals surface area (Å²) in [6.07, 6.45) is 13.1. The van der Waals surface area contributed by atoms with E-state index in [1.54, 1.807) is 0 Å². The van der Waals surface area contributed by atoms with Gasteiger partial charge in [0.1, 0.15) is 0 Å².